The second kappa shape index (κ2) is 7.59. The Morgan fingerprint density at radius 2 is 1.94 bits per heavy atom. The molecule has 164 valence electrons. The predicted molar refractivity (Wildman–Crippen MR) is 113 cm³/mol. The molecule has 1 fully saturated rings. The Kier molecular flexibility index (Phi) is 4.57. The number of carbonyl (C=O) groups excluding carboxylic acids is 1. The first-order chi connectivity index (χ1) is 15.6. The van der Waals surface area contributed by atoms with Crippen LogP contribution in [0, 0.1) is 17.7 Å². The van der Waals surface area contributed by atoms with Crippen LogP contribution in [0.25, 0.3) is 0 Å². The summed E-state index contributed by atoms with van der Waals surface area (Å²) in [5, 5.41) is 11.1. The Bertz CT molecular complexity index is 1200. The number of carbonyl (C=O) groups is 1. The van der Waals surface area contributed by atoms with Gasteiger partial charge in [0, 0.05) is 38.3 Å². The van der Waals surface area contributed by atoms with Gasteiger partial charge in [0.1, 0.15) is 11.6 Å². The summed E-state index contributed by atoms with van der Waals surface area (Å²) >= 11 is 0. The van der Waals surface area contributed by atoms with Gasteiger partial charge in [-0.15, -0.1) is 10.2 Å². The van der Waals surface area contributed by atoms with Gasteiger partial charge in [-0.25, -0.2) is 4.39 Å². The highest BCUT2D eigenvalue weighted by atomic mass is 19.1. The van der Waals surface area contributed by atoms with Crippen LogP contribution in [0.15, 0.2) is 42.5 Å². The number of anilines is 1. The zero-order chi connectivity index (χ0) is 21.7. The van der Waals surface area contributed by atoms with E-state index >= 15 is 0 Å². The van der Waals surface area contributed by atoms with Crippen LogP contribution in [0.3, 0.4) is 0 Å². The number of ether oxygens (including phenoxy) is 2. The number of aromatic nitrogens is 3. The van der Waals surface area contributed by atoms with Gasteiger partial charge in [-0.05, 0) is 47.7 Å². The number of halogens is 1. The average molecular weight is 435 g/mol. The molecule has 1 amide bonds. The van der Waals surface area contributed by atoms with Crippen molar-refractivity contribution in [3.8, 4) is 11.5 Å². The predicted octanol–water partition coefficient (Wildman–Crippen LogP) is 2.70. The van der Waals surface area contributed by atoms with Crippen molar-refractivity contribution in [1.29, 1.82) is 0 Å². The minimum Gasteiger partial charge on any atom is -0.454 e. The molecular weight excluding hydrogens is 413 g/mol. The Morgan fingerprint density at radius 1 is 1.06 bits per heavy atom. The molecule has 8 nitrogen and oxygen atoms in total. The van der Waals surface area contributed by atoms with E-state index in [1.807, 2.05) is 16.7 Å². The average Bonchev–Trinajstić information content (AvgIpc) is 3.49. The van der Waals surface area contributed by atoms with Gasteiger partial charge < -0.3 is 19.4 Å². The van der Waals surface area contributed by atoms with Crippen LogP contribution in [0.1, 0.15) is 22.0 Å². The highest BCUT2D eigenvalue weighted by Crippen LogP contribution is 2.36. The highest BCUT2D eigenvalue weighted by molar-refractivity contribution is 6.01. The molecule has 6 rings (SSSR count). The lowest BCUT2D eigenvalue weighted by atomic mass is 9.89. The van der Waals surface area contributed by atoms with Crippen molar-refractivity contribution in [3.63, 3.8) is 0 Å². The number of hydrogen-bond acceptors (Lipinski definition) is 6. The fourth-order valence-corrected chi connectivity index (χ4v) is 4.97. The van der Waals surface area contributed by atoms with E-state index in [1.165, 1.54) is 17.7 Å². The Morgan fingerprint density at radius 3 is 2.84 bits per heavy atom. The fraction of sp³-hybridized carbons (Fsp3) is 0.348. The maximum Gasteiger partial charge on any atom is 0.293 e. The molecule has 2 atom stereocenters. The first kappa shape index (κ1) is 19.2. The number of benzene rings is 2. The summed E-state index contributed by atoms with van der Waals surface area (Å²) in [6.07, 6.45) is 0.794. The zero-order valence-electron chi connectivity index (χ0n) is 17.3. The molecule has 1 N–H and O–H groups in total. The summed E-state index contributed by atoms with van der Waals surface area (Å²) in [6, 6.07) is 11.9. The fourth-order valence-electron chi connectivity index (χ4n) is 4.97. The Labute approximate surface area is 184 Å². The van der Waals surface area contributed by atoms with Gasteiger partial charge in [0.25, 0.3) is 5.91 Å². The number of hydrogen-bond donors (Lipinski definition) is 1. The van der Waals surface area contributed by atoms with Crippen molar-refractivity contribution in [2.45, 2.75) is 19.5 Å². The Balaban J connectivity index is 1.14. The molecule has 0 radical (unpaired) electrons. The monoisotopic (exact) mass is 435 g/mol. The molecule has 4 heterocycles. The molecule has 9 heteroatoms. The summed E-state index contributed by atoms with van der Waals surface area (Å²) in [5.74, 6) is 2.85. The molecule has 32 heavy (non-hydrogen) atoms. The van der Waals surface area contributed by atoms with E-state index in [0.29, 0.717) is 24.1 Å². The third-order valence-corrected chi connectivity index (χ3v) is 6.47. The summed E-state index contributed by atoms with van der Waals surface area (Å²) < 4.78 is 26.2. The molecule has 2 aromatic carbocycles. The molecule has 0 unspecified atom stereocenters. The molecule has 0 saturated carbocycles. The van der Waals surface area contributed by atoms with Crippen molar-refractivity contribution in [3.05, 3.63) is 65.5 Å². The molecule has 0 aliphatic carbocycles. The van der Waals surface area contributed by atoms with Gasteiger partial charge in [0.2, 0.25) is 12.6 Å². The molecule has 1 aromatic heterocycles. The maximum absolute atomic E-state index is 13.4. The number of likely N-dealkylation sites (tertiary alicyclic amines) is 1. The van der Waals surface area contributed by atoms with Crippen molar-refractivity contribution in [2.24, 2.45) is 11.8 Å². The van der Waals surface area contributed by atoms with Crippen molar-refractivity contribution >= 4 is 11.6 Å². The minimum absolute atomic E-state index is 0.275. The lowest BCUT2D eigenvalue weighted by Crippen LogP contribution is -2.31. The van der Waals surface area contributed by atoms with Crippen molar-refractivity contribution < 1.29 is 18.7 Å². The lowest BCUT2D eigenvalue weighted by molar-refractivity contribution is 0.100. The van der Waals surface area contributed by atoms with Crippen LogP contribution in [0.4, 0.5) is 10.1 Å². The number of rotatable bonds is 4. The quantitative estimate of drug-likeness (QED) is 0.679. The van der Waals surface area contributed by atoms with Gasteiger partial charge in [-0.3, -0.25) is 9.69 Å². The van der Waals surface area contributed by atoms with Crippen molar-refractivity contribution in [1.82, 2.24) is 19.7 Å². The molecule has 1 saturated heterocycles. The molecular formula is C23H22FN5O3. The van der Waals surface area contributed by atoms with E-state index in [9.17, 15) is 9.18 Å². The van der Waals surface area contributed by atoms with Crippen LogP contribution in [-0.2, 0) is 19.5 Å². The van der Waals surface area contributed by atoms with E-state index in [4.69, 9.17) is 9.47 Å². The third kappa shape index (κ3) is 3.48. The zero-order valence-corrected chi connectivity index (χ0v) is 17.3. The summed E-state index contributed by atoms with van der Waals surface area (Å²) in [4.78, 5) is 15.2. The molecule has 3 aromatic rings. The molecule has 3 aliphatic heterocycles. The summed E-state index contributed by atoms with van der Waals surface area (Å²) in [5.41, 5.74) is 1.60. The van der Waals surface area contributed by atoms with Crippen LogP contribution >= 0.6 is 0 Å². The van der Waals surface area contributed by atoms with E-state index in [-0.39, 0.29) is 18.5 Å². The second-order valence-corrected chi connectivity index (χ2v) is 8.62. The van der Waals surface area contributed by atoms with E-state index in [1.54, 1.807) is 12.1 Å². The number of nitrogens with zero attached hydrogens (tertiary/aromatic N) is 4. The highest BCUT2D eigenvalue weighted by Gasteiger charge is 2.39. The first-order valence-electron chi connectivity index (χ1n) is 10.7. The van der Waals surface area contributed by atoms with Gasteiger partial charge in [-0.2, -0.15) is 0 Å². The SMILES string of the molecule is O=C(Nc1cccc(F)c1)c1nnc2n1C[C@@H]1CN(Cc3ccc4c(c3)OCO4)C[C@H]1C2. The van der Waals surface area contributed by atoms with Gasteiger partial charge in [0.15, 0.2) is 11.5 Å². The molecule has 0 bridgehead atoms. The topological polar surface area (TPSA) is 81.5 Å². The smallest absolute Gasteiger partial charge is 0.293 e. The molecule has 0 spiro atoms. The standard InChI is InChI=1S/C23H22FN5O3/c24-17-2-1-3-18(8-17)25-23(30)22-27-26-21-7-15-10-28(11-16(15)12-29(21)22)9-14-4-5-19-20(6-14)32-13-31-19/h1-6,8,15-16H,7,9-13H2,(H,25,30)/t15-,16+/m1/s1. The normalized spacial score (nSPS) is 21.3. The van der Waals surface area contributed by atoms with E-state index in [0.717, 1.165) is 43.4 Å². The van der Waals surface area contributed by atoms with Crippen LogP contribution < -0.4 is 14.8 Å². The van der Waals surface area contributed by atoms with E-state index < -0.39 is 5.82 Å². The van der Waals surface area contributed by atoms with Gasteiger partial charge >= 0.3 is 0 Å². The largest absolute Gasteiger partial charge is 0.454 e. The number of fused-ring (bicyclic) bond motifs is 3. The first-order valence-corrected chi connectivity index (χ1v) is 10.7. The number of nitrogens with one attached hydrogen (secondary N) is 1. The lowest BCUT2D eigenvalue weighted by Gasteiger charge is -2.25. The second-order valence-electron chi connectivity index (χ2n) is 8.62. The van der Waals surface area contributed by atoms with Gasteiger partial charge in [0.05, 0.1) is 0 Å². The number of amides is 1. The summed E-state index contributed by atoms with van der Waals surface area (Å²) in [7, 11) is 0. The van der Waals surface area contributed by atoms with Crippen LogP contribution in [0.2, 0.25) is 0 Å². The third-order valence-electron chi connectivity index (χ3n) is 6.47. The van der Waals surface area contributed by atoms with Crippen LogP contribution in [0.5, 0.6) is 11.5 Å². The van der Waals surface area contributed by atoms with Gasteiger partial charge in [-0.1, -0.05) is 12.1 Å². The minimum atomic E-state index is -0.401. The van der Waals surface area contributed by atoms with E-state index in [2.05, 4.69) is 26.5 Å². The molecule has 3 aliphatic rings. The summed E-state index contributed by atoms with van der Waals surface area (Å²) in [6.45, 7) is 3.76. The maximum atomic E-state index is 13.4. The Hall–Kier alpha value is -3.46. The van der Waals surface area contributed by atoms with Crippen molar-refractivity contribution in [2.75, 3.05) is 25.2 Å². The van der Waals surface area contributed by atoms with Crippen LogP contribution in [-0.4, -0.2) is 45.5 Å².